The number of carboxylic acid groups (broad SMARTS) is 1. The highest BCUT2D eigenvalue weighted by molar-refractivity contribution is 6.31. The van der Waals surface area contributed by atoms with E-state index in [0.717, 1.165) is 35.3 Å². The maximum Gasteiger partial charge on any atom is 0.320 e. The number of aliphatic carboxylic acids is 1. The summed E-state index contributed by atoms with van der Waals surface area (Å²) in [4.78, 5) is 10.4. The smallest absolute Gasteiger partial charge is 0.320 e. The molecule has 0 radical (unpaired) electrons. The van der Waals surface area contributed by atoms with Crippen molar-refractivity contribution in [3.8, 4) is 5.75 Å². The molecule has 46 heavy (non-hydrogen) atoms. The Bertz CT molecular complexity index is 1350. The molecule has 3 aromatic carbocycles. The fourth-order valence-corrected chi connectivity index (χ4v) is 5.78. The van der Waals surface area contributed by atoms with Crippen LogP contribution in [0.15, 0.2) is 72.8 Å². The zero-order valence-corrected chi connectivity index (χ0v) is 26.4. The summed E-state index contributed by atoms with van der Waals surface area (Å²) in [7, 11) is 0. The highest BCUT2D eigenvalue weighted by Crippen LogP contribution is 2.34. The summed E-state index contributed by atoms with van der Waals surface area (Å²) in [6.45, 7) is 0.638. The lowest BCUT2D eigenvalue weighted by Gasteiger charge is -2.40. The van der Waals surface area contributed by atoms with Crippen LogP contribution >= 0.6 is 11.6 Å². The zero-order valence-electron chi connectivity index (χ0n) is 25.7. The SMILES string of the molecule is N[C@@H](Cc1ccccc1)C(=O)O.OC[C@H]1O[C@@H](c2ccc(Cl)c(Cc3ccc(OCCOC4CCCC4)cc3)c2)[C@H](O)[C@@H](O)[C@@H]1O. The molecule has 10 nitrogen and oxygen atoms in total. The van der Waals surface area contributed by atoms with Gasteiger partial charge in [0.2, 0.25) is 0 Å². The molecule has 0 amide bonds. The topological polar surface area (TPSA) is 172 Å². The van der Waals surface area contributed by atoms with Crippen LogP contribution in [0.5, 0.6) is 5.75 Å². The monoisotopic (exact) mass is 657 g/mol. The van der Waals surface area contributed by atoms with Crippen LogP contribution in [0.3, 0.4) is 0 Å². The van der Waals surface area contributed by atoms with Crippen molar-refractivity contribution >= 4 is 17.6 Å². The third-order valence-corrected chi connectivity index (χ3v) is 8.60. The normalized spacial score (nSPS) is 23.7. The van der Waals surface area contributed by atoms with Gasteiger partial charge in [-0.15, -0.1) is 0 Å². The van der Waals surface area contributed by atoms with Gasteiger partial charge in [-0.2, -0.15) is 0 Å². The quantitative estimate of drug-likeness (QED) is 0.159. The Kier molecular flexibility index (Phi) is 13.8. The number of nitrogens with two attached hydrogens (primary N) is 1. The van der Waals surface area contributed by atoms with E-state index in [1.165, 1.54) is 12.8 Å². The Morgan fingerprint density at radius 1 is 0.913 bits per heavy atom. The van der Waals surface area contributed by atoms with Crippen molar-refractivity contribution < 1.29 is 44.5 Å². The molecule has 11 heteroatoms. The molecular weight excluding hydrogens is 614 g/mol. The van der Waals surface area contributed by atoms with Crippen molar-refractivity contribution in [2.45, 2.75) is 81.2 Å². The van der Waals surface area contributed by atoms with Crippen molar-refractivity contribution in [1.29, 1.82) is 0 Å². The van der Waals surface area contributed by atoms with E-state index in [-0.39, 0.29) is 0 Å². The number of aliphatic hydroxyl groups excluding tert-OH is 4. The van der Waals surface area contributed by atoms with Gasteiger partial charge in [-0.3, -0.25) is 4.79 Å². The fraction of sp³-hybridized carbons (Fsp3) is 0.457. The molecule has 1 aliphatic carbocycles. The maximum atomic E-state index is 10.4. The van der Waals surface area contributed by atoms with E-state index in [1.807, 2.05) is 60.7 Å². The van der Waals surface area contributed by atoms with Gasteiger partial charge >= 0.3 is 5.97 Å². The predicted octanol–water partition coefficient (Wildman–Crippen LogP) is 3.42. The standard InChI is InChI=1S/C26H33ClO7.C9H11NO2/c27-21-10-7-17(26-25(31)24(30)23(29)22(15-28)34-26)14-18(21)13-16-5-8-20(9-6-16)33-12-11-32-19-3-1-2-4-19;10-8(9(11)12)6-7-4-2-1-3-5-7/h5-10,14,19,22-26,28-31H,1-4,11-13,15H2;1-5,8H,6,10H2,(H,11,12)/t22-,23-,24+,25-,26+;8-/m10/s1. The van der Waals surface area contributed by atoms with E-state index in [1.54, 1.807) is 12.1 Å². The van der Waals surface area contributed by atoms with Gasteiger partial charge in [0.05, 0.1) is 19.3 Å². The second-order valence-corrected chi connectivity index (χ2v) is 12.1. The first-order valence-electron chi connectivity index (χ1n) is 15.6. The number of benzene rings is 3. The van der Waals surface area contributed by atoms with E-state index in [9.17, 15) is 25.2 Å². The molecular formula is C35H44ClNO9. The first kappa shape index (κ1) is 35.8. The molecule has 1 saturated carbocycles. The Hall–Kier alpha value is -3.06. The third-order valence-electron chi connectivity index (χ3n) is 8.23. The van der Waals surface area contributed by atoms with E-state index >= 15 is 0 Å². The van der Waals surface area contributed by atoms with Crippen molar-refractivity contribution in [3.63, 3.8) is 0 Å². The summed E-state index contributed by atoms with van der Waals surface area (Å²) >= 11 is 6.43. The number of hydrogen-bond acceptors (Lipinski definition) is 9. The van der Waals surface area contributed by atoms with Crippen LogP contribution < -0.4 is 10.5 Å². The summed E-state index contributed by atoms with van der Waals surface area (Å²) in [5.41, 5.74) is 8.77. The van der Waals surface area contributed by atoms with Crippen LogP contribution in [-0.2, 0) is 27.1 Å². The van der Waals surface area contributed by atoms with Gasteiger partial charge in [-0.25, -0.2) is 0 Å². The number of carboxylic acids is 1. The van der Waals surface area contributed by atoms with Crippen LogP contribution in [0.25, 0.3) is 0 Å². The Morgan fingerprint density at radius 2 is 1.61 bits per heavy atom. The van der Waals surface area contributed by atoms with Crippen LogP contribution in [0.1, 0.15) is 54.0 Å². The van der Waals surface area contributed by atoms with Crippen LogP contribution in [-0.4, -0.2) is 87.9 Å². The maximum absolute atomic E-state index is 10.4. The van der Waals surface area contributed by atoms with Crippen LogP contribution in [0.4, 0.5) is 0 Å². The fourth-order valence-electron chi connectivity index (χ4n) is 5.59. The highest BCUT2D eigenvalue weighted by Gasteiger charge is 2.44. The molecule has 3 aromatic rings. The number of carbonyl (C=O) groups is 1. The molecule has 1 heterocycles. The van der Waals surface area contributed by atoms with Gasteiger partial charge in [0, 0.05) is 5.02 Å². The molecule has 6 atom stereocenters. The van der Waals surface area contributed by atoms with Gasteiger partial charge in [-0.05, 0) is 66.1 Å². The van der Waals surface area contributed by atoms with Crippen LogP contribution in [0.2, 0.25) is 5.02 Å². The van der Waals surface area contributed by atoms with Crippen LogP contribution in [0, 0.1) is 0 Å². The number of hydrogen-bond donors (Lipinski definition) is 6. The number of ether oxygens (including phenoxy) is 3. The van der Waals surface area contributed by atoms with E-state index < -0.39 is 49.1 Å². The molecule has 0 spiro atoms. The Morgan fingerprint density at radius 3 is 2.26 bits per heavy atom. The summed E-state index contributed by atoms with van der Waals surface area (Å²) < 4.78 is 17.3. The highest BCUT2D eigenvalue weighted by atomic mass is 35.5. The average Bonchev–Trinajstić information content (AvgIpc) is 3.58. The molecule has 7 N–H and O–H groups in total. The number of halogens is 1. The van der Waals surface area contributed by atoms with E-state index in [2.05, 4.69) is 0 Å². The molecule has 1 saturated heterocycles. The molecule has 1 aliphatic heterocycles. The first-order chi connectivity index (χ1) is 22.2. The molecule has 0 aromatic heterocycles. The molecule has 2 aliphatic rings. The van der Waals surface area contributed by atoms with Crippen molar-refractivity contribution in [3.05, 3.63) is 100 Å². The summed E-state index contributed by atoms with van der Waals surface area (Å²) in [5, 5.41) is 49.1. The molecule has 250 valence electrons. The number of aliphatic hydroxyl groups is 4. The summed E-state index contributed by atoms with van der Waals surface area (Å²) in [5.74, 6) is -0.182. The molecule has 0 bridgehead atoms. The number of rotatable bonds is 12. The van der Waals surface area contributed by atoms with Gasteiger partial charge in [0.25, 0.3) is 0 Å². The molecule has 0 unspecified atom stereocenters. The minimum absolute atomic E-state index is 0.384. The lowest BCUT2D eigenvalue weighted by Crippen LogP contribution is -2.55. The van der Waals surface area contributed by atoms with Crippen molar-refractivity contribution in [2.24, 2.45) is 5.73 Å². The van der Waals surface area contributed by atoms with Crippen molar-refractivity contribution in [1.82, 2.24) is 0 Å². The first-order valence-corrected chi connectivity index (χ1v) is 16.0. The van der Waals surface area contributed by atoms with Crippen molar-refractivity contribution in [2.75, 3.05) is 19.8 Å². The molecule has 5 rings (SSSR count). The second-order valence-electron chi connectivity index (χ2n) is 11.7. The summed E-state index contributed by atoms with van der Waals surface area (Å²) in [6.07, 6.45) is 0.117. The Balaban J connectivity index is 0.000000337. The predicted molar refractivity (Wildman–Crippen MR) is 173 cm³/mol. The lowest BCUT2D eigenvalue weighted by molar-refractivity contribution is -0.231. The molecule has 2 fully saturated rings. The van der Waals surface area contributed by atoms with Gasteiger partial charge in [-0.1, -0.05) is 79.0 Å². The summed E-state index contributed by atoms with van der Waals surface area (Å²) in [6, 6.07) is 21.6. The van der Waals surface area contributed by atoms with Gasteiger partial charge in [0.15, 0.2) is 0 Å². The lowest BCUT2D eigenvalue weighted by atomic mass is 9.90. The average molecular weight is 658 g/mol. The van der Waals surface area contributed by atoms with Gasteiger partial charge in [0.1, 0.15) is 48.9 Å². The second kappa shape index (κ2) is 17.7. The zero-order chi connectivity index (χ0) is 33.1. The largest absolute Gasteiger partial charge is 0.491 e. The Labute approximate surface area is 274 Å². The minimum atomic E-state index is -1.42. The third kappa shape index (κ3) is 10.2. The van der Waals surface area contributed by atoms with E-state index in [4.69, 9.17) is 36.7 Å². The minimum Gasteiger partial charge on any atom is -0.491 e. The van der Waals surface area contributed by atoms with E-state index in [0.29, 0.717) is 42.7 Å². The van der Waals surface area contributed by atoms with Gasteiger partial charge < -0.3 is 45.5 Å².